The minimum atomic E-state index is -0.298. The smallest absolute Gasteiger partial charge is 0.308 e. The molecule has 0 unspecified atom stereocenters. The fourth-order valence-electron chi connectivity index (χ4n) is 1.43. The summed E-state index contributed by atoms with van der Waals surface area (Å²) < 4.78 is 5.12. The van der Waals surface area contributed by atoms with Crippen LogP contribution in [0.15, 0.2) is 6.07 Å². The number of aromatic nitrogens is 1. The molecule has 1 rings (SSSR count). The Hall–Kier alpha value is -1.38. The summed E-state index contributed by atoms with van der Waals surface area (Å²) in [6.07, 6.45) is 0.769. The number of hydrogen-bond donors (Lipinski definition) is 0. The van der Waals surface area contributed by atoms with Gasteiger partial charge in [-0.05, 0) is 31.9 Å². The monoisotopic (exact) mass is 193 g/mol. The fourth-order valence-corrected chi connectivity index (χ4v) is 1.43. The molecule has 0 N–H and O–H groups in total. The number of nitrogens with zero attached hydrogens (tertiary/aromatic N) is 1. The zero-order chi connectivity index (χ0) is 10.7. The lowest BCUT2D eigenvalue weighted by Crippen LogP contribution is -2.07. The molecule has 0 saturated heterocycles. The molecule has 3 nitrogen and oxygen atoms in total. The number of rotatable bonds is 2. The zero-order valence-corrected chi connectivity index (χ0v) is 9.05. The third-order valence-corrected chi connectivity index (χ3v) is 1.94. The number of pyridine rings is 1. The molecule has 0 saturated carbocycles. The molecule has 0 aliphatic rings. The van der Waals surface area contributed by atoms with Crippen molar-refractivity contribution in [2.24, 2.45) is 0 Å². The summed E-state index contributed by atoms with van der Waals surface area (Å²) >= 11 is 0. The van der Waals surface area contributed by atoms with E-state index < -0.39 is 0 Å². The molecular formula is C11H15NO2. The molecule has 14 heavy (non-hydrogen) atoms. The highest BCUT2D eigenvalue weighted by molar-refractivity contribution is 5.70. The molecule has 0 aromatic carbocycles. The van der Waals surface area contributed by atoms with E-state index in [0.717, 1.165) is 23.4 Å². The molecule has 76 valence electrons. The van der Waals surface area contributed by atoms with Gasteiger partial charge in [0.25, 0.3) is 0 Å². The second-order valence-corrected chi connectivity index (χ2v) is 3.30. The third kappa shape index (κ3) is 2.31. The van der Waals surface area contributed by atoms with Gasteiger partial charge in [0, 0.05) is 12.6 Å². The molecule has 0 amide bonds. The van der Waals surface area contributed by atoms with E-state index in [2.05, 4.69) is 4.98 Å². The number of esters is 1. The summed E-state index contributed by atoms with van der Waals surface area (Å²) in [5.41, 5.74) is 2.76. The van der Waals surface area contributed by atoms with Crippen LogP contribution in [0.4, 0.5) is 0 Å². The van der Waals surface area contributed by atoms with Gasteiger partial charge in [-0.1, -0.05) is 6.92 Å². The van der Waals surface area contributed by atoms with Crippen LogP contribution in [0.1, 0.15) is 30.8 Å². The number of aryl methyl sites for hydroxylation is 3. The van der Waals surface area contributed by atoms with Crippen LogP contribution in [0.25, 0.3) is 0 Å². The number of hydrogen-bond acceptors (Lipinski definition) is 3. The molecule has 1 aromatic heterocycles. The van der Waals surface area contributed by atoms with Crippen molar-refractivity contribution < 1.29 is 9.53 Å². The SMILES string of the molecule is CCc1nc(C)cc(C)c1OC(C)=O. The first-order valence-electron chi connectivity index (χ1n) is 4.70. The van der Waals surface area contributed by atoms with Crippen LogP contribution in [0, 0.1) is 13.8 Å². The third-order valence-electron chi connectivity index (χ3n) is 1.94. The van der Waals surface area contributed by atoms with Gasteiger partial charge in [0.2, 0.25) is 0 Å². The van der Waals surface area contributed by atoms with E-state index in [1.807, 2.05) is 26.8 Å². The molecule has 0 aliphatic carbocycles. The molecule has 0 radical (unpaired) electrons. The largest absolute Gasteiger partial charge is 0.424 e. The van der Waals surface area contributed by atoms with Crippen LogP contribution < -0.4 is 4.74 Å². The highest BCUT2D eigenvalue weighted by Gasteiger charge is 2.10. The lowest BCUT2D eigenvalue weighted by Gasteiger charge is -2.10. The van der Waals surface area contributed by atoms with Gasteiger partial charge in [0.05, 0.1) is 5.69 Å². The molecule has 1 heterocycles. The van der Waals surface area contributed by atoms with E-state index in [9.17, 15) is 4.79 Å². The molecule has 0 fully saturated rings. The van der Waals surface area contributed by atoms with Gasteiger partial charge in [-0.3, -0.25) is 9.78 Å². The standard InChI is InChI=1S/C11H15NO2/c1-5-10-11(14-9(4)13)7(2)6-8(3)12-10/h6H,5H2,1-4H3. The normalized spacial score (nSPS) is 10.0. The van der Waals surface area contributed by atoms with E-state index in [-0.39, 0.29) is 5.97 Å². The lowest BCUT2D eigenvalue weighted by molar-refractivity contribution is -0.132. The minimum absolute atomic E-state index is 0.298. The number of ether oxygens (including phenoxy) is 1. The Balaban J connectivity index is 3.18. The maximum atomic E-state index is 10.9. The molecule has 1 aromatic rings. The maximum absolute atomic E-state index is 10.9. The van der Waals surface area contributed by atoms with Crippen molar-refractivity contribution in [1.29, 1.82) is 0 Å². The number of carbonyl (C=O) groups is 1. The average Bonchev–Trinajstić information content (AvgIpc) is 2.08. The Morgan fingerprint density at radius 3 is 2.64 bits per heavy atom. The van der Waals surface area contributed by atoms with Gasteiger partial charge >= 0.3 is 5.97 Å². The second kappa shape index (κ2) is 4.22. The Kier molecular flexibility index (Phi) is 3.23. The van der Waals surface area contributed by atoms with E-state index in [1.54, 1.807) is 0 Å². The summed E-state index contributed by atoms with van der Waals surface area (Å²) in [7, 11) is 0. The molecule has 0 bridgehead atoms. The topological polar surface area (TPSA) is 39.2 Å². The van der Waals surface area contributed by atoms with E-state index in [4.69, 9.17) is 4.74 Å². The summed E-state index contributed by atoms with van der Waals surface area (Å²) in [4.78, 5) is 15.2. The summed E-state index contributed by atoms with van der Waals surface area (Å²) in [6, 6.07) is 1.91. The second-order valence-electron chi connectivity index (χ2n) is 3.30. The Morgan fingerprint density at radius 2 is 2.14 bits per heavy atom. The van der Waals surface area contributed by atoms with Crippen LogP contribution in [-0.2, 0) is 11.2 Å². The van der Waals surface area contributed by atoms with Gasteiger partial charge in [-0.2, -0.15) is 0 Å². The molecule has 0 spiro atoms. The van der Waals surface area contributed by atoms with Crippen LogP contribution in [0.2, 0.25) is 0 Å². The van der Waals surface area contributed by atoms with Gasteiger partial charge in [0.1, 0.15) is 0 Å². The summed E-state index contributed by atoms with van der Waals surface area (Å²) in [5, 5.41) is 0. The highest BCUT2D eigenvalue weighted by Crippen LogP contribution is 2.23. The molecule has 3 heteroatoms. The lowest BCUT2D eigenvalue weighted by atomic mass is 10.1. The van der Waals surface area contributed by atoms with Gasteiger partial charge < -0.3 is 4.74 Å². The van der Waals surface area contributed by atoms with Gasteiger partial charge in [-0.15, -0.1) is 0 Å². The zero-order valence-electron chi connectivity index (χ0n) is 9.05. The summed E-state index contributed by atoms with van der Waals surface area (Å²) in [5.74, 6) is 0.319. The first-order chi connectivity index (χ1) is 6.54. The summed E-state index contributed by atoms with van der Waals surface area (Å²) in [6.45, 7) is 7.25. The van der Waals surface area contributed by atoms with E-state index >= 15 is 0 Å². The van der Waals surface area contributed by atoms with Crippen molar-refractivity contribution in [1.82, 2.24) is 4.98 Å². The predicted octanol–water partition coefficient (Wildman–Crippen LogP) is 2.19. The van der Waals surface area contributed by atoms with E-state index in [0.29, 0.717) is 5.75 Å². The first-order valence-corrected chi connectivity index (χ1v) is 4.70. The van der Waals surface area contributed by atoms with Crippen LogP contribution in [0.3, 0.4) is 0 Å². The van der Waals surface area contributed by atoms with Gasteiger partial charge in [-0.25, -0.2) is 0 Å². The average molecular weight is 193 g/mol. The van der Waals surface area contributed by atoms with Crippen LogP contribution in [-0.4, -0.2) is 11.0 Å². The van der Waals surface area contributed by atoms with Crippen LogP contribution in [0.5, 0.6) is 5.75 Å². The fraction of sp³-hybridized carbons (Fsp3) is 0.455. The first kappa shape index (κ1) is 10.7. The Bertz CT molecular complexity index is 359. The van der Waals surface area contributed by atoms with Crippen molar-refractivity contribution in [3.05, 3.63) is 23.0 Å². The maximum Gasteiger partial charge on any atom is 0.308 e. The van der Waals surface area contributed by atoms with E-state index in [1.165, 1.54) is 6.92 Å². The molecular weight excluding hydrogens is 178 g/mol. The predicted molar refractivity (Wildman–Crippen MR) is 54.4 cm³/mol. The Morgan fingerprint density at radius 1 is 1.50 bits per heavy atom. The molecule has 0 aliphatic heterocycles. The molecule has 0 atom stereocenters. The van der Waals surface area contributed by atoms with Crippen molar-refractivity contribution in [3.63, 3.8) is 0 Å². The Labute approximate surface area is 84.1 Å². The highest BCUT2D eigenvalue weighted by atomic mass is 16.5. The van der Waals surface area contributed by atoms with Crippen molar-refractivity contribution in [3.8, 4) is 5.75 Å². The quantitative estimate of drug-likeness (QED) is 0.676. The van der Waals surface area contributed by atoms with Gasteiger partial charge in [0.15, 0.2) is 5.75 Å². The minimum Gasteiger partial charge on any atom is -0.424 e. The van der Waals surface area contributed by atoms with Crippen molar-refractivity contribution in [2.45, 2.75) is 34.1 Å². The van der Waals surface area contributed by atoms with Crippen molar-refractivity contribution in [2.75, 3.05) is 0 Å². The van der Waals surface area contributed by atoms with Crippen molar-refractivity contribution >= 4 is 5.97 Å². The number of carbonyl (C=O) groups excluding carboxylic acids is 1. The van der Waals surface area contributed by atoms with Crippen LogP contribution >= 0.6 is 0 Å².